The highest BCUT2D eigenvalue weighted by Crippen LogP contribution is 2.43. The molecule has 3 heterocycles. The van der Waals surface area contributed by atoms with Gasteiger partial charge in [0.25, 0.3) is 0 Å². The molecule has 0 radical (unpaired) electrons. The third kappa shape index (κ3) is 1.51. The molecule has 1 aromatic heterocycles. The van der Waals surface area contributed by atoms with Gasteiger partial charge in [-0.1, -0.05) is 0 Å². The zero-order valence-corrected chi connectivity index (χ0v) is 11.3. The van der Waals surface area contributed by atoms with Crippen LogP contribution in [-0.4, -0.2) is 62.0 Å². The lowest BCUT2D eigenvalue weighted by Gasteiger charge is -2.42. The summed E-state index contributed by atoms with van der Waals surface area (Å²) in [5.74, 6) is -2.60. The first-order chi connectivity index (χ1) is 9.35. The standard InChI is InChI=1S/C10H12N4O5S/c1-5-7(10(16)17)14-8(15)6(9(14)20(5,18)19)4-13-11-2-3-12-13/h2-3,5-7,9H,4H2,1H3,(H,16,17)/t5?,6?,7?,9-/m0/s1. The Balaban J connectivity index is 1.93. The van der Waals surface area contributed by atoms with Crippen LogP contribution in [0.4, 0.5) is 0 Å². The van der Waals surface area contributed by atoms with Gasteiger partial charge in [-0.05, 0) is 6.92 Å². The number of carbonyl (C=O) groups is 2. The molecule has 3 rings (SSSR count). The molecule has 10 heteroatoms. The number of nitrogens with zero attached hydrogens (tertiary/aromatic N) is 4. The molecular formula is C10H12N4O5S. The highest BCUT2D eigenvalue weighted by atomic mass is 32.2. The van der Waals surface area contributed by atoms with E-state index >= 15 is 0 Å². The molecule has 0 spiro atoms. The number of carboxylic acid groups (broad SMARTS) is 1. The molecule has 0 saturated carbocycles. The average molecular weight is 300 g/mol. The van der Waals surface area contributed by atoms with Gasteiger partial charge in [0.2, 0.25) is 5.91 Å². The van der Waals surface area contributed by atoms with Crippen molar-refractivity contribution >= 4 is 21.7 Å². The van der Waals surface area contributed by atoms with Crippen molar-refractivity contribution in [3.8, 4) is 0 Å². The number of fused-ring (bicyclic) bond motifs is 1. The van der Waals surface area contributed by atoms with Crippen molar-refractivity contribution in [3.05, 3.63) is 12.4 Å². The molecule has 2 aliphatic heterocycles. The summed E-state index contributed by atoms with van der Waals surface area (Å²) in [5, 5.41) is 14.6. The SMILES string of the molecule is CC1C(C(=O)O)N2C(=O)C(Cn3nccn3)[C@@H]2S1(=O)=O. The van der Waals surface area contributed by atoms with Crippen LogP contribution in [0.5, 0.6) is 0 Å². The van der Waals surface area contributed by atoms with Crippen LogP contribution in [0.1, 0.15) is 6.92 Å². The Morgan fingerprint density at radius 2 is 2.00 bits per heavy atom. The van der Waals surface area contributed by atoms with Gasteiger partial charge in [-0.2, -0.15) is 15.0 Å². The predicted molar refractivity (Wildman–Crippen MR) is 64.0 cm³/mol. The molecule has 0 aromatic carbocycles. The van der Waals surface area contributed by atoms with Crippen molar-refractivity contribution in [2.75, 3.05) is 0 Å². The first-order valence-corrected chi connectivity index (χ1v) is 7.58. The maximum Gasteiger partial charge on any atom is 0.327 e. The molecular weight excluding hydrogens is 288 g/mol. The fraction of sp³-hybridized carbons (Fsp3) is 0.600. The number of hydrogen-bond donors (Lipinski definition) is 1. The molecule has 9 nitrogen and oxygen atoms in total. The highest BCUT2D eigenvalue weighted by Gasteiger charge is 2.67. The molecule has 20 heavy (non-hydrogen) atoms. The largest absolute Gasteiger partial charge is 0.480 e. The van der Waals surface area contributed by atoms with Gasteiger partial charge in [0.05, 0.1) is 30.1 Å². The number of β-lactam (4-membered cyclic amide) rings is 1. The van der Waals surface area contributed by atoms with Crippen molar-refractivity contribution in [2.24, 2.45) is 5.92 Å². The van der Waals surface area contributed by atoms with E-state index in [9.17, 15) is 18.0 Å². The normalized spacial score (nSPS) is 34.6. The van der Waals surface area contributed by atoms with Gasteiger partial charge >= 0.3 is 5.97 Å². The molecule has 1 aromatic rings. The zero-order valence-electron chi connectivity index (χ0n) is 10.4. The minimum absolute atomic E-state index is 0.0330. The van der Waals surface area contributed by atoms with E-state index in [1.807, 2.05) is 0 Å². The molecule has 1 amide bonds. The van der Waals surface area contributed by atoms with Crippen molar-refractivity contribution in [2.45, 2.75) is 30.1 Å². The minimum Gasteiger partial charge on any atom is -0.480 e. The Morgan fingerprint density at radius 1 is 1.40 bits per heavy atom. The number of rotatable bonds is 3. The Bertz CT molecular complexity index is 670. The maximum absolute atomic E-state index is 12.2. The average Bonchev–Trinajstić information content (AvgIpc) is 2.93. The molecule has 1 N–H and O–H groups in total. The predicted octanol–water partition coefficient (Wildman–Crippen LogP) is -1.67. The van der Waals surface area contributed by atoms with E-state index in [1.165, 1.54) is 24.1 Å². The van der Waals surface area contributed by atoms with Crippen LogP contribution in [-0.2, 0) is 26.0 Å². The lowest BCUT2D eigenvalue weighted by Crippen LogP contribution is -2.64. The molecule has 2 saturated heterocycles. The number of aromatic nitrogens is 3. The molecule has 2 fully saturated rings. The summed E-state index contributed by atoms with van der Waals surface area (Å²) >= 11 is 0. The van der Waals surface area contributed by atoms with Gasteiger partial charge in [-0.3, -0.25) is 4.79 Å². The number of amides is 1. The molecule has 0 bridgehead atoms. The van der Waals surface area contributed by atoms with Crippen molar-refractivity contribution in [1.29, 1.82) is 0 Å². The molecule has 2 aliphatic rings. The van der Waals surface area contributed by atoms with Gasteiger partial charge in [-0.15, -0.1) is 0 Å². The molecule has 0 aliphatic carbocycles. The monoisotopic (exact) mass is 300 g/mol. The number of sulfone groups is 1. The topological polar surface area (TPSA) is 122 Å². The number of carbonyl (C=O) groups excluding carboxylic acids is 1. The van der Waals surface area contributed by atoms with Crippen LogP contribution in [0, 0.1) is 5.92 Å². The van der Waals surface area contributed by atoms with E-state index in [0.29, 0.717) is 0 Å². The summed E-state index contributed by atoms with van der Waals surface area (Å²) in [4.78, 5) is 25.4. The van der Waals surface area contributed by atoms with E-state index in [-0.39, 0.29) is 6.54 Å². The molecule has 108 valence electrons. The van der Waals surface area contributed by atoms with E-state index in [1.54, 1.807) is 0 Å². The second kappa shape index (κ2) is 4.01. The fourth-order valence-electron chi connectivity index (χ4n) is 2.86. The van der Waals surface area contributed by atoms with Crippen LogP contribution >= 0.6 is 0 Å². The van der Waals surface area contributed by atoms with Crippen LogP contribution < -0.4 is 0 Å². The smallest absolute Gasteiger partial charge is 0.327 e. The third-order valence-corrected chi connectivity index (χ3v) is 6.39. The summed E-state index contributed by atoms with van der Waals surface area (Å²) in [5.41, 5.74) is 0. The van der Waals surface area contributed by atoms with E-state index in [2.05, 4.69) is 10.2 Å². The maximum atomic E-state index is 12.2. The lowest BCUT2D eigenvalue weighted by molar-refractivity contribution is -0.163. The summed E-state index contributed by atoms with van der Waals surface area (Å²) in [6.45, 7) is 1.36. The number of aliphatic carboxylic acids is 1. The van der Waals surface area contributed by atoms with E-state index < -0.39 is 44.3 Å². The van der Waals surface area contributed by atoms with E-state index in [0.717, 1.165) is 4.90 Å². The zero-order chi connectivity index (χ0) is 14.7. The van der Waals surface area contributed by atoms with Crippen molar-refractivity contribution < 1.29 is 23.1 Å². The lowest BCUT2D eigenvalue weighted by atomic mass is 9.95. The van der Waals surface area contributed by atoms with Crippen LogP contribution in [0.3, 0.4) is 0 Å². The summed E-state index contributed by atoms with van der Waals surface area (Å²) in [6, 6.07) is -1.31. The molecule has 4 atom stereocenters. The Kier molecular flexibility index (Phi) is 2.61. The van der Waals surface area contributed by atoms with Crippen LogP contribution in [0.25, 0.3) is 0 Å². The van der Waals surface area contributed by atoms with Gasteiger partial charge < -0.3 is 10.0 Å². The first-order valence-electron chi connectivity index (χ1n) is 5.97. The fourth-order valence-corrected chi connectivity index (χ4v) is 5.12. The van der Waals surface area contributed by atoms with Crippen LogP contribution in [0.15, 0.2) is 12.4 Å². The van der Waals surface area contributed by atoms with Crippen molar-refractivity contribution in [1.82, 2.24) is 19.9 Å². The Labute approximate surface area is 114 Å². The van der Waals surface area contributed by atoms with Gasteiger partial charge in [0.15, 0.2) is 9.84 Å². The van der Waals surface area contributed by atoms with Crippen LogP contribution in [0.2, 0.25) is 0 Å². The molecule has 3 unspecified atom stereocenters. The second-order valence-corrected chi connectivity index (χ2v) is 7.31. The number of hydrogen-bond acceptors (Lipinski definition) is 6. The van der Waals surface area contributed by atoms with Gasteiger partial charge in [0, 0.05) is 0 Å². The Morgan fingerprint density at radius 3 is 2.55 bits per heavy atom. The summed E-state index contributed by atoms with van der Waals surface area (Å²) in [7, 11) is -3.69. The second-order valence-electron chi connectivity index (χ2n) is 4.90. The first kappa shape index (κ1) is 13.0. The minimum atomic E-state index is -3.69. The number of carboxylic acids is 1. The van der Waals surface area contributed by atoms with Gasteiger partial charge in [-0.25, -0.2) is 13.2 Å². The van der Waals surface area contributed by atoms with E-state index in [4.69, 9.17) is 5.11 Å². The Hall–Kier alpha value is -1.97. The summed E-state index contributed by atoms with van der Waals surface area (Å²) < 4.78 is 24.5. The third-order valence-electron chi connectivity index (χ3n) is 3.87. The van der Waals surface area contributed by atoms with Gasteiger partial charge in [0.1, 0.15) is 11.4 Å². The van der Waals surface area contributed by atoms with Crippen molar-refractivity contribution in [3.63, 3.8) is 0 Å². The quantitative estimate of drug-likeness (QED) is 0.662. The summed E-state index contributed by atoms with van der Waals surface area (Å²) in [6.07, 6.45) is 2.85. The highest BCUT2D eigenvalue weighted by molar-refractivity contribution is 7.93.